The first-order valence-electron chi connectivity index (χ1n) is 3.45. The Kier molecular flexibility index (Phi) is 6.97. The molecular weight excluding hydrogens is 284 g/mol. The summed E-state index contributed by atoms with van der Waals surface area (Å²) in [6.07, 6.45) is -2.52. The predicted octanol–water partition coefficient (Wildman–Crippen LogP) is -1.49. The summed E-state index contributed by atoms with van der Waals surface area (Å²) in [7, 11) is -14.4. The van der Waals surface area contributed by atoms with Crippen LogP contribution in [0.3, 0.4) is 0 Å². The number of hydrogen-bond acceptors (Lipinski definition) is 3. The molecule has 0 amide bonds. The van der Waals surface area contributed by atoms with Crippen molar-refractivity contribution in [3.05, 3.63) is 0 Å². The molecule has 95 valence electrons. The molecule has 0 aliphatic heterocycles. The van der Waals surface area contributed by atoms with E-state index < -0.39 is 40.8 Å². The molecule has 0 aliphatic carbocycles. The van der Waals surface area contributed by atoms with E-state index in [1.165, 1.54) is 0 Å². The molecule has 0 saturated carbocycles. The maximum absolute atomic E-state index is 10.7. The van der Waals surface area contributed by atoms with E-state index >= 15 is 0 Å². The van der Waals surface area contributed by atoms with E-state index in [1.54, 1.807) is 0 Å². The normalized spacial score (nSPS) is 13.7. The maximum Gasteiger partial charge on any atom is 0.329 e. The third kappa shape index (κ3) is 9.72. The van der Waals surface area contributed by atoms with E-state index in [1.807, 2.05) is 0 Å². The van der Waals surface area contributed by atoms with E-state index in [0.717, 1.165) is 0 Å². The highest BCUT2D eigenvalue weighted by molar-refractivity contribution is 7.59. The van der Waals surface area contributed by atoms with E-state index in [0.29, 0.717) is 0 Å². The van der Waals surface area contributed by atoms with Crippen molar-refractivity contribution in [2.24, 2.45) is 0 Å². The molecule has 0 aromatic carbocycles. The van der Waals surface area contributed by atoms with Crippen LogP contribution < -0.4 is 0 Å². The largest absolute Gasteiger partial charge is 0.329 e. The Morgan fingerprint density at radius 1 is 0.750 bits per heavy atom. The molecule has 16 heavy (non-hydrogen) atoms. The molecule has 0 rings (SSSR count). The first kappa shape index (κ1) is 18.9. The molecule has 13 heteroatoms. The van der Waals surface area contributed by atoms with Gasteiger partial charge >= 0.3 is 22.8 Å². The molecule has 0 aliphatic rings. The lowest BCUT2D eigenvalue weighted by molar-refractivity contribution is 0.340. The third-order valence-corrected chi connectivity index (χ3v) is 5.10. The molecule has 0 spiro atoms. The topological polar surface area (TPSA) is 173 Å². The molecule has 0 heterocycles. The van der Waals surface area contributed by atoms with Crippen molar-refractivity contribution in [2.75, 3.05) is 12.3 Å². The molecule has 0 aromatic rings. The van der Waals surface area contributed by atoms with Gasteiger partial charge in [0.15, 0.2) is 0 Å². The van der Waals surface area contributed by atoms with Gasteiger partial charge in [0.2, 0.25) is 0 Å². The van der Waals surface area contributed by atoms with Gasteiger partial charge in [-0.2, -0.15) is 0 Å². The van der Waals surface area contributed by atoms with Crippen molar-refractivity contribution in [1.29, 1.82) is 0 Å². The van der Waals surface area contributed by atoms with Crippen LogP contribution in [-0.2, 0) is 13.7 Å². The minimum Gasteiger partial charge on any atom is -0.324 e. The predicted molar refractivity (Wildman–Crippen MR) is 55.4 cm³/mol. The zero-order chi connectivity index (χ0) is 12.5. The fourth-order valence-corrected chi connectivity index (χ4v) is 5.36. The van der Waals surface area contributed by atoms with Crippen LogP contribution in [0.25, 0.3) is 0 Å². The molecule has 0 aromatic heterocycles. The Morgan fingerprint density at radius 2 is 1.00 bits per heavy atom. The van der Waals surface area contributed by atoms with Gasteiger partial charge in [-0.3, -0.25) is 13.7 Å². The summed E-state index contributed by atoms with van der Waals surface area (Å²) in [6.45, 7) is 0. The number of hydrogen-bond donors (Lipinski definition) is 6. The maximum atomic E-state index is 10.7. The fourth-order valence-electron chi connectivity index (χ4n) is 0.820. The second kappa shape index (κ2) is 5.91. The first-order valence-corrected chi connectivity index (χ1v) is 8.73. The standard InChI is InChI=1S/C3H11O9P3.B/c4-13(5,6)1-3(15(10,11)12)2-14(7,8)9;/h3H,1-2H2,(H2,4,5,6)(H2,7,8,9)(H2,10,11,12);. The molecule has 0 fully saturated rings. The molecule has 0 atom stereocenters. The van der Waals surface area contributed by atoms with Gasteiger partial charge in [0, 0.05) is 8.41 Å². The average Bonchev–Trinajstić information content (AvgIpc) is 1.75. The summed E-state index contributed by atoms with van der Waals surface area (Å²) < 4.78 is 31.6. The molecule has 9 nitrogen and oxygen atoms in total. The Balaban J connectivity index is 0. The van der Waals surface area contributed by atoms with Crippen LogP contribution in [0.2, 0.25) is 0 Å². The lowest BCUT2D eigenvalue weighted by atomic mass is 10.5. The molecule has 6 N–H and O–H groups in total. The van der Waals surface area contributed by atoms with E-state index in [2.05, 4.69) is 0 Å². The Morgan fingerprint density at radius 3 is 1.12 bits per heavy atom. The van der Waals surface area contributed by atoms with E-state index in [-0.39, 0.29) is 8.41 Å². The Bertz CT molecular complexity index is 325. The number of rotatable bonds is 5. The van der Waals surface area contributed by atoms with Crippen LogP contribution >= 0.6 is 22.8 Å². The highest BCUT2D eigenvalue weighted by Gasteiger charge is 2.39. The fraction of sp³-hybridized carbons (Fsp3) is 1.00. The molecule has 3 radical (unpaired) electrons. The van der Waals surface area contributed by atoms with Crippen molar-refractivity contribution < 1.29 is 43.1 Å². The minimum atomic E-state index is -4.95. The van der Waals surface area contributed by atoms with Gasteiger partial charge in [0.05, 0.1) is 18.0 Å². The summed E-state index contributed by atoms with van der Waals surface area (Å²) in [4.78, 5) is 51.1. The van der Waals surface area contributed by atoms with Gasteiger partial charge in [0.1, 0.15) is 0 Å². The Labute approximate surface area is 92.9 Å². The SMILES string of the molecule is O=P(O)(O)CC(CP(=O)(O)O)P(=O)(O)O.[B]. The van der Waals surface area contributed by atoms with Crippen molar-refractivity contribution in [3.63, 3.8) is 0 Å². The zero-order valence-electron chi connectivity index (χ0n) is 7.82. The van der Waals surface area contributed by atoms with Gasteiger partial charge in [-0.25, -0.2) is 0 Å². The van der Waals surface area contributed by atoms with Crippen LogP contribution in [0.4, 0.5) is 0 Å². The average molecular weight is 295 g/mol. The molecule has 0 saturated heterocycles. The lowest BCUT2D eigenvalue weighted by Gasteiger charge is -2.19. The van der Waals surface area contributed by atoms with Gasteiger partial charge in [0.25, 0.3) is 0 Å². The highest BCUT2D eigenvalue weighted by Crippen LogP contribution is 2.53. The summed E-state index contributed by atoms with van der Waals surface area (Å²) in [5.74, 6) is 0. The van der Waals surface area contributed by atoms with Crippen LogP contribution in [0, 0.1) is 0 Å². The van der Waals surface area contributed by atoms with Crippen LogP contribution in [0.1, 0.15) is 0 Å². The minimum absolute atomic E-state index is 0. The highest BCUT2D eigenvalue weighted by atomic mass is 31.2. The van der Waals surface area contributed by atoms with Crippen molar-refractivity contribution >= 4 is 31.2 Å². The third-order valence-electron chi connectivity index (χ3n) is 1.37. The smallest absolute Gasteiger partial charge is 0.324 e. The van der Waals surface area contributed by atoms with Gasteiger partial charge in [-0.15, -0.1) is 0 Å². The van der Waals surface area contributed by atoms with Gasteiger partial charge in [-0.05, 0) is 0 Å². The summed E-state index contributed by atoms with van der Waals surface area (Å²) in [6, 6.07) is 0. The van der Waals surface area contributed by atoms with Crippen LogP contribution in [0.5, 0.6) is 0 Å². The van der Waals surface area contributed by atoms with Crippen LogP contribution in [0.15, 0.2) is 0 Å². The molecular formula is C3H11BO9P3. The van der Waals surface area contributed by atoms with Crippen molar-refractivity contribution in [2.45, 2.75) is 5.66 Å². The zero-order valence-corrected chi connectivity index (χ0v) is 10.5. The van der Waals surface area contributed by atoms with Gasteiger partial charge in [-0.1, -0.05) is 0 Å². The summed E-state index contributed by atoms with van der Waals surface area (Å²) in [5, 5.41) is 0. The van der Waals surface area contributed by atoms with Crippen molar-refractivity contribution in [3.8, 4) is 0 Å². The van der Waals surface area contributed by atoms with E-state index in [9.17, 15) is 13.7 Å². The lowest BCUT2D eigenvalue weighted by Crippen LogP contribution is -2.19. The van der Waals surface area contributed by atoms with E-state index in [4.69, 9.17) is 29.4 Å². The van der Waals surface area contributed by atoms with Gasteiger partial charge < -0.3 is 29.4 Å². The monoisotopic (exact) mass is 295 g/mol. The van der Waals surface area contributed by atoms with Crippen molar-refractivity contribution in [1.82, 2.24) is 0 Å². The quantitative estimate of drug-likeness (QED) is 0.261. The summed E-state index contributed by atoms with van der Waals surface area (Å²) >= 11 is 0. The molecule has 0 unspecified atom stereocenters. The molecule has 0 bridgehead atoms. The second-order valence-electron chi connectivity index (χ2n) is 2.94. The Hall–Kier alpha value is 0.515. The van der Waals surface area contributed by atoms with Crippen LogP contribution in [-0.4, -0.2) is 55.8 Å². The summed E-state index contributed by atoms with van der Waals surface area (Å²) in [5.41, 5.74) is -2.04. The second-order valence-corrected chi connectivity index (χ2v) is 8.23. The first-order chi connectivity index (χ1) is 6.31.